The Bertz CT molecular complexity index is 667. The Morgan fingerprint density at radius 2 is 2.05 bits per heavy atom. The molecule has 5 nitrogen and oxygen atoms in total. The van der Waals surface area contributed by atoms with E-state index in [9.17, 15) is 17.6 Å². The monoisotopic (exact) mass is 333 g/mol. The largest absolute Gasteiger partial charge is 0.410 e. The van der Waals surface area contributed by atoms with Crippen LogP contribution in [0.3, 0.4) is 0 Å². The molecular weight excluding hydrogens is 321 g/mol. The summed E-state index contributed by atoms with van der Waals surface area (Å²) >= 11 is 5.61. The maximum Gasteiger partial charge on any atom is 0.410 e. The van der Waals surface area contributed by atoms with Crippen LogP contribution in [0.1, 0.15) is 25.7 Å². The second-order valence-corrected chi connectivity index (χ2v) is 6.28. The SMILES string of the molecule is O=C(OS(=O)(=O)Nc1cc(F)cc(Cl)c1)C1=CCCCC1. The zero-order valence-corrected chi connectivity index (χ0v) is 12.5. The van der Waals surface area contributed by atoms with E-state index in [1.807, 2.05) is 4.72 Å². The third-order valence-corrected chi connectivity index (χ3v) is 3.92. The topological polar surface area (TPSA) is 72.5 Å². The van der Waals surface area contributed by atoms with Gasteiger partial charge in [0.1, 0.15) is 5.82 Å². The van der Waals surface area contributed by atoms with E-state index in [0.717, 1.165) is 31.4 Å². The summed E-state index contributed by atoms with van der Waals surface area (Å²) in [4.78, 5) is 11.7. The van der Waals surface area contributed by atoms with Crippen LogP contribution in [0.2, 0.25) is 5.02 Å². The van der Waals surface area contributed by atoms with Gasteiger partial charge in [0.25, 0.3) is 0 Å². The quantitative estimate of drug-likeness (QED) is 0.918. The number of hydrogen-bond donors (Lipinski definition) is 1. The number of carbonyl (C=O) groups excluding carboxylic acids is 1. The van der Waals surface area contributed by atoms with Gasteiger partial charge in [-0.2, -0.15) is 8.42 Å². The van der Waals surface area contributed by atoms with Crippen molar-refractivity contribution in [3.63, 3.8) is 0 Å². The van der Waals surface area contributed by atoms with Crippen molar-refractivity contribution in [3.8, 4) is 0 Å². The average molecular weight is 334 g/mol. The molecule has 0 unspecified atom stereocenters. The fourth-order valence-corrected chi connectivity index (χ4v) is 2.93. The summed E-state index contributed by atoms with van der Waals surface area (Å²) in [6.07, 6.45) is 4.65. The van der Waals surface area contributed by atoms with Crippen molar-refractivity contribution in [2.75, 3.05) is 4.72 Å². The van der Waals surface area contributed by atoms with Gasteiger partial charge < -0.3 is 4.18 Å². The van der Waals surface area contributed by atoms with E-state index >= 15 is 0 Å². The number of anilines is 1. The van der Waals surface area contributed by atoms with Crippen LogP contribution in [0.4, 0.5) is 10.1 Å². The van der Waals surface area contributed by atoms with Crippen LogP contribution >= 0.6 is 11.6 Å². The van der Waals surface area contributed by atoms with Gasteiger partial charge in [-0.1, -0.05) is 17.7 Å². The molecule has 0 aliphatic heterocycles. The number of rotatable bonds is 4. The smallest absolute Gasteiger partial charge is 0.326 e. The highest BCUT2D eigenvalue weighted by Crippen LogP contribution is 2.21. The number of allylic oxidation sites excluding steroid dienone is 1. The Morgan fingerprint density at radius 3 is 2.67 bits per heavy atom. The first-order chi connectivity index (χ1) is 9.85. The van der Waals surface area contributed by atoms with Crippen molar-refractivity contribution in [2.45, 2.75) is 25.7 Å². The standard InChI is InChI=1S/C13H13ClFNO4S/c14-10-6-11(15)8-12(7-10)16-21(18,19)20-13(17)9-4-2-1-3-5-9/h4,6-8,16H,1-3,5H2. The third-order valence-electron chi connectivity index (χ3n) is 2.84. The maximum atomic E-state index is 13.1. The summed E-state index contributed by atoms with van der Waals surface area (Å²) in [5, 5.41) is 0.0222. The first kappa shape index (κ1) is 15.8. The fourth-order valence-electron chi connectivity index (χ4n) is 1.95. The Hall–Kier alpha value is -1.60. The van der Waals surface area contributed by atoms with Crippen molar-refractivity contribution in [1.29, 1.82) is 0 Å². The molecule has 0 saturated heterocycles. The minimum absolute atomic E-state index is 0.0222. The Labute approximate surface area is 127 Å². The lowest BCUT2D eigenvalue weighted by Crippen LogP contribution is -2.22. The van der Waals surface area contributed by atoms with Crippen LogP contribution in [0, 0.1) is 5.82 Å². The van der Waals surface area contributed by atoms with Crippen LogP contribution in [0.25, 0.3) is 0 Å². The molecule has 0 amide bonds. The lowest BCUT2D eigenvalue weighted by atomic mass is 10.0. The van der Waals surface area contributed by atoms with E-state index in [1.54, 1.807) is 6.08 Å². The predicted octanol–water partition coefficient (Wildman–Crippen LogP) is 3.18. The minimum atomic E-state index is -4.38. The van der Waals surface area contributed by atoms with Gasteiger partial charge in [-0.3, -0.25) is 4.72 Å². The zero-order chi connectivity index (χ0) is 15.5. The molecule has 0 atom stereocenters. The van der Waals surface area contributed by atoms with Gasteiger partial charge in [-0.05, 0) is 43.9 Å². The lowest BCUT2D eigenvalue weighted by Gasteiger charge is -2.12. The maximum absolute atomic E-state index is 13.1. The van der Waals surface area contributed by atoms with E-state index in [-0.39, 0.29) is 10.7 Å². The van der Waals surface area contributed by atoms with E-state index in [2.05, 4.69) is 4.18 Å². The molecule has 0 fully saturated rings. The predicted molar refractivity (Wildman–Crippen MR) is 76.6 cm³/mol. The van der Waals surface area contributed by atoms with Gasteiger partial charge >= 0.3 is 16.3 Å². The minimum Gasteiger partial charge on any atom is -0.326 e. The number of nitrogens with one attached hydrogen (secondary N) is 1. The summed E-state index contributed by atoms with van der Waals surface area (Å²) in [5.41, 5.74) is 0.217. The van der Waals surface area contributed by atoms with Gasteiger partial charge in [-0.15, -0.1) is 0 Å². The summed E-state index contributed by atoms with van der Waals surface area (Å²) in [5.74, 6) is -1.62. The van der Waals surface area contributed by atoms with E-state index < -0.39 is 22.1 Å². The lowest BCUT2D eigenvalue weighted by molar-refractivity contribution is -0.129. The van der Waals surface area contributed by atoms with Crippen molar-refractivity contribution >= 4 is 33.6 Å². The molecule has 2 rings (SSSR count). The zero-order valence-electron chi connectivity index (χ0n) is 10.9. The molecule has 0 aromatic heterocycles. The molecule has 114 valence electrons. The molecule has 0 heterocycles. The number of hydrogen-bond acceptors (Lipinski definition) is 4. The number of carbonyl (C=O) groups is 1. The van der Waals surface area contributed by atoms with Crippen LogP contribution in [0.15, 0.2) is 29.8 Å². The molecule has 0 spiro atoms. The van der Waals surface area contributed by atoms with Crippen LogP contribution in [0.5, 0.6) is 0 Å². The van der Waals surface area contributed by atoms with Crippen LogP contribution in [-0.4, -0.2) is 14.4 Å². The van der Waals surface area contributed by atoms with E-state index in [1.165, 1.54) is 6.07 Å². The van der Waals surface area contributed by atoms with Gasteiger partial charge in [0.2, 0.25) is 0 Å². The molecule has 1 aromatic rings. The van der Waals surface area contributed by atoms with Gasteiger partial charge in [0.05, 0.1) is 5.69 Å². The van der Waals surface area contributed by atoms with E-state index in [0.29, 0.717) is 12.0 Å². The molecule has 0 saturated carbocycles. The highest BCUT2D eigenvalue weighted by atomic mass is 35.5. The molecule has 1 N–H and O–H groups in total. The van der Waals surface area contributed by atoms with Gasteiger partial charge in [0.15, 0.2) is 0 Å². The first-order valence-electron chi connectivity index (χ1n) is 6.27. The van der Waals surface area contributed by atoms with Crippen molar-refractivity contribution in [3.05, 3.63) is 40.7 Å². The van der Waals surface area contributed by atoms with Crippen molar-refractivity contribution in [2.24, 2.45) is 0 Å². The third kappa shape index (κ3) is 4.71. The second-order valence-electron chi connectivity index (χ2n) is 4.56. The Kier molecular flexibility index (Phi) is 4.84. The second kappa shape index (κ2) is 6.44. The molecule has 1 aromatic carbocycles. The van der Waals surface area contributed by atoms with Crippen LogP contribution in [-0.2, 0) is 19.3 Å². The highest BCUT2D eigenvalue weighted by Gasteiger charge is 2.21. The Balaban J connectivity index is 2.08. The average Bonchev–Trinajstić information content (AvgIpc) is 2.37. The number of benzene rings is 1. The molecule has 0 radical (unpaired) electrons. The number of halogens is 2. The summed E-state index contributed by atoms with van der Waals surface area (Å²) in [6, 6.07) is 3.16. The Morgan fingerprint density at radius 1 is 1.29 bits per heavy atom. The molecule has 21 heavy (non-hydrogen) atoms. The normalized spacial score (nSPS) is 15.2. The summed E-state index contributed by atoms with van der Waals surface area (Å²) < 4.78 is 43.0. The molecule has 8 heteroatoms. The van der Waals surface area contributed by atoms with Gasteiger partial charge in [-0.25, -0.2) is 9.18 Å². The molecular formula is C13H13ClFNO4S. The summed E-state index contributed by atoms with van der Waals surface area (Å²) in [6.45, 7) is 0. The summed E-state index contributed by atoms with van der Waals surface area (Å²) in [7, 11) is -4.38. The van der Waals surface area contributed by atoms with Crippen molar-refractivity contribution in [1.82, 2.24) is 0 Å². The highest BCUT2D eigenvalue weighted by molar-refractivity contribution is 7.88. The molecule has 0 bridgehead atoms. The fraction of sp³-hybridized carbons (Fsp3) is 0.308. The van der Waals surface area contributed by atoms with Gasteiger partial charge in [0, 0.05) is 10.6 Å². The van der Waals surface area contributed by atoms with E-state index in [4.69, 9.17) is 11.6 Å². The molecule has 1 aliphatic carbocycles. The first-order valence-corrected chi connectivity index (χ1v) is 8.06. The molecule has 1 aliphatic rings. The van der Waals surface area contributed by atoms with Crippen LogP contribution < -0.4 is 4.72 Å². The van der Waals surface area contributed by atoms with Crippen molar-refractivity contribution < 1.29 is 21.8 Å².